The van der Waals surface area contributed by atoms with Crippen LogP contribution in [0.15, 0.2) is 47.4 Å². The minimum atomic E-state index is -0.583. The molecule has 2 aliphatic heterocycles. The quantitative estimate of drug-likeness (QED) is 0.690. The van der Waals surface area contributed by atoms with Crippen molar-refractivity contribution in [3.8, 4) is 0 Å². The van der Waals surface area contributed by atoms with Gasteiger partial charge in [0.05, 0.1) is 21.9 Å². The van der Waals surface area contributed by atoms with Gasteiger partial charge < -0.3 is 0 Å². The number of anilines is 2. The van der Waals surface area contributed by atoms with Gasteiger partial charge in [-0.05, 0) is 48.9 Å². The normalized spacial score (nSPS) is 18.9. The second-order valence-corrected chi connectivity index (χ2v) is 7.64. The Morgan fingerprint density at radius 2 is 1.64 bits per heavy atom. The van der Waals surface area contributed by atoms with Crippen molar-refractivity contribution < 1.29 is 19.2 Å². The molecule has 2 aromatic carbocycles. The minimum absolute atomic E-state index is 0.0482. The van der Waals surface area contributed by atoms with Gasteiger partial charge in [-0.25, -0.2) is 9.80 Å². The minimum Gasteiger partial charge on any atom is -0.274 e. The maximum absolute atomic E-state index is 13.2. The lowest BCUT2D eigenvalue weighted by molar-refractivity contribution is -0.122. The third-order valence-corrected chi connectivity index (χ3v) is 5.69. The Hall–Kier alpha value is -3.19. The van der Waals surface area contributed by atoms with E-state index >= 15 is 0 Å². The molecule has 2 aromatic rings. The molecule has 28 heavy (non-hydrogen) atoms. The zero-order chi connectivity index (χ0) is 20.2. The van der Waals surface area contributed by atoms with Crippen LogP contribution in [0.2, 0.25) is 0 Å². The van der Waals surface area contributed by atoms with E-state index < -0.39 is 23.0 Å². The Morgan fingerprint density at radius 3 is 2.36 bits per heavy atom. The fraction of sp³-hybridized carbons (Fsp3) is 0.143. The summed E-state index contributed by atoms with van der Waals surface area (Å²) in [6.45, 7) is 4.99. The molecule has 0 radical (unpaired) electrons. The predicted molar refractivity (Wildman–Crippen MR) is 108 cm³/mol. The lowest BCUT2D eigenvalue weighted by Crippen LogP contribution is -2.32. The first-order chi connectivity index (χ1) is 13.3. The number of hydrogen-bond donors (Lipinski definition) is 0. The molecular formula is C21H16N2O4S. The number of nitrogens with zero attached hydrogens (tertiary/aromatic N) is 2. The van der Waals surface area contributed by atoms with Crippen LogP contribution in [0, 0.1) is 13.8 Å². The van der Waals surface area contributed by atoms with Crippen molar-refractivity contribution in [2.45, 2.75) is 20.8 Å². The molecule has 4 amide bonds. The molecule has 4 rings (SSSR count). The van der Waals surface area contributed by atoms with E-state index in [0.717, 1.165) is 32.7 Å². The first kappa shape index (κ1) is 18.2. The van der Waals surface area contributed by atoms with Crippen molar-refractivity contribution in [1.29, 1.82) is 0 Å². The molecule has 1 saturated heterocycles. The summed E-state index contributed by atoms with van der Waals surface area (Å²) in [6.07, 6.45) is 0. The molecule has 0 N–H and O–H groups in total. The van der Waals surface area contributed by atoms with Crippen LogP contribution < -0.4 is 9.80 Å². The number of rotatable bonds is 1. The van der Waals surface area contributed by atoms with Crippen LogP contribution in [0.25, 0.3) is 5.57 Å². The van der Waals surface area contributed by atoms with Crippen molar-refractivity contribution in [3.63, 3.8) is 0 Å². The molecule has 0 aromatic heterocycles. The van der Waals surface area contributed by atoms with Crippen molar-refractivity contribution in [1.82, 2.24) is 0 Å². The number of hydrogen-bond acceptors (Lipinski definition) is 5. The van der Waals surface area contributed by atoms with Gasteiger partial charge in [-0.1, -0.05) is 30.3 Å². The summed E-state index contributed by atoms with van der Waals surface area (Å²) in [7, 11) is 0. The molecule has 2 aliphatic rings. The molecule has 6 nitrogen and oxygen atoms in total. The Labute approximate surface area is 165 Å². The van der Waals surface area contributed by atoms with Crippen LogP contribution in [0.4, 0.5) is 16.2 Å². The molecule has 0 unspecified atom stereocenters. The fourth-order valence-corrected chi connectivity index (χ4v) is 4.36. The van der Waals surface area contributed by atoms with E-state index in [-0.39, 0.29) is 10.5 Å². The maximum atomic E-state index is 13.2. The Balaban J connectivity index is 1.88. The van der Waals surface area contributed by atoms with Crippen LogP contribution in [0.1, 0.15) is 23.6 Å². The van der Waals surface area contributed by atoms with Gasteiger partial charge in [0.25, 0.3) is 17.1 Å². The van der Waals surface area contributed by atoms with E-state index in [1.54, 1.807) is 30.3 Å². The number of fused-ring (bicyclic) bond motifs is 1. The second kappa shape index (κ2) is 6.45. The Kier molecular flexibility index (Phi) is 4.19. The van der Waals surface area contributed by atoms with Crippen molar-refractivity contribution in [2.24, 2.45) is 0 Å². The SMILES string of the molecule is CC(=O)N1C(=O)/C(=C2\SC(=O)N(c3cc(C)ccc3C)C2=O)c2ccccc21. The molecule has 1 fully saturated rings. The van der Waals surface area contributed by atoms with Crippen LogP contribution in [0.3, 0.4) is 0 Å². The van der Waals surface area contributed by atoms with E-state index in [2.05, 4.69) is 0 Å². The van der Waals surface area contributed by atoms with Crippen LogP contribution in [-0.4, -0.2) is 23.0 Å². The molecule has 140 valence electrons. The Bertz CT molecular complexity index is 1120. The number of carbonyl (C=O) groups excluding carboxylic acids is 4. The summed E-state index contributed by atoms with van der Waals surface area (Å²) < 4.78 is 0. The smallest absolute Gasteiger partial charge is 0.274 e. The van der Waals surface area contributed by atoms with Gasteiger partial charge in [0.15, 0.2) is 0 Å². The summed E-state index contributed by atoms with van der Waals surface area (Å²) in [5.74, 6) is -1.58. The zero-order valence-corrected chi connectivity index (χ0v) is 16.3. The van der Waals surface area contributed by atoms with Crippen LogP contribution >= 0.6 is 11.8 Å². The monoisotopic (exact) mass is 392 g/mol. The molecule has 0 atom stereocenters. The Morgan fingerprint density at radius 1 is 0.929 bits per heavy atom. The van der Waals surface area contributed by atoms with Gasteiger partial charge in [-0.3, -0.25) is 19.2 Å². The van der Waals surface area contributed by atoms with Crippen LogP contribution in [-0.2, 0) is 14.4 Å². The highest BCUT2D eigenvalue weighted by molar-refractivity contribution is 8.19. The van der Waals surface area contributed by atoms with Gasteiger partial charge >= 0.3 is 0 Å². The zero-order valence-electron chi connectivity index (χ0n) is 15.5. The maximum Gasteiger partial charge on any atom is 0.298 e. The highest BCUT2D eigenvalue weighted by atomic mass is 32.2. The largest absolute Gasteiger partial charge is 0.298 e. The molecule has 0 bridgehead atoms. The lowest BCUT2D eigenvalue weighted by atomic mass is 10.1. The summed E-state index contributed by atoms with van der Waals surface area (Å²) in [6, 6.07) is 12.3. The third-order valence-electron chi connectivity index (χ3n) is 4.75. The van der Waals surface area contributed by atoms with Gasteiger partial charge in [0, 0.05) is 12.5 Å². The highest BCUT2D eigenvalue weighted by Gasteiger charge is 2.45. The lowest BCUT2D eigenvalue weighted by Gasteiger charge is -2.16. The first-order valence-electron chi connectivity index (χ1n) is 8.63. The molecular weight excluding hydrogens is 376 g/mol. The van der Waals surface area contributed by atoms with Gasteiger partial charge in [0.2, 0.25) is 5.91 Å². The van der Waals surface area contributed by atoms with E-state index in [9.17, 15) is 19.2 Å². The second-order valence-electron chi connectivity index (χ2n) is 6.68. The van der Waals surface area contributed by atoms with E-state index in [0.29, 0.717) is 16.9 Å². The topological polar surface area (TPSA) is 74.8 Å². The number of aryl methyl sites for hydroxylation is 2. The van der Waals surface area contributed by atoms with Crippen molar-refractivity contribution >= 4 is 51.7 Å². The van der Waals surface area contributed by atoms with Gasteiger partial charge in [-0.2, -0.15) is 0 Å². The van der Waals surface area contributed by atoms with Gasteiger partial charge in [-0.15, -0.1) is 0 Å². The third kappa shape index (κ3) is 2.58. The van der Waals surface area contributed by atoms with Crippen molar-refractivity contribution in [2.75, 3.05) is 9.80 Å². The number of carbonyl (C=O) groups is 4. The average Bonchev–Trinajstić information content (AvgIpc) is 3.09. The van der Waals surface area contributed by atoms with E-state index in [1.165, 1.54) is 6.92 Å². The van der Waals surface area contributed by atoms with Gasteiger partial charge in [0.1, 0.15) is 0 Å². The van der Waals surface area contributed by atoms with E-state index in [1.807, 2.05) is 26.0 Å². The van der Waals surface area contributed by atoms with Crippen LogP contribution in [0.5, 0.6) is 0 Å². The van der Waals surface area contributed by atoms with Crippen molar-refractivity contribution in [3.05, 3.63) is 64.1 Å². The average molecular weight is 392 g/mol. The fourth-order valence-electron chi connectivity index (χ4n) is 3.44. The number of benzene rings is 2. The molecule has 7 heteroatoms. The summed E-state index contributed by atoms with van der Waals surface area (Å²) in [5.41, 5.74) is 3.20. The van der Waals surface area contributed by atoms with E-state index in [4.69, 9.17) is 0 Å². The summed E-state index contributed by atoms with van der Waals surface area (Å²) in [4.78, 5) is 53.0. The predicted octanol–water partition coefficient (Wildman–Crippen LogP) is 3.81. The number of imide groups is 2. The summed E-state index contributed by atoms with van der Waals surface area (Å²) in [5, 5.41) is -0.465. The highest BCUT2D eigenvalue weighted by Crippen LogP contribution is 2.45. The summed E-state index contributed by atoms with van der Waals surface area (Å²) >= 11 is 0.728. The standard InChI is InChI=1S/C21H16N2O4S/c1-11-8-9-12(2)16(10-11)23-20(26)18(28-21(23)27)17-14-6-4-5-7-15(14)22(13(3)24)19(17)25/h4-10H,1-3H3/b18-17-. The molecule has 0 spiro atoms. The number of para-hydroxylation sites is 1. The molecule has 0 aliphatic carbocycles. The number of thioether (sulfide) groups is 1. The molecule has 2 heterocycles. The number of amides is 4. The first-order valence-corrected chi connectivity index (χ1v) is 9.45. The molecule has 0 saturated carbocycles.